The number of nitrogens with zero attached hydrogens (tertiary/aromatic N) is 3. The molecule has 0 saturated carbocycles. The van der Waals surface area contributed by atoms with E-state index in [9.17, 15) is 4.79 Å². The molecule has 1 spiro atoms. The van der Waals surface area contributed by atoms with Gasteiger partial charge in [0.25, 0.3) is 0 Å². The Balaban J connectivity index is 1.26. The second kappa shape index (κ2) is 8.68. The quantitative estimate of drug-likeness (QED) is 0.716. The Bertz CT molecular complexity index is 922. The molecule has 1 atom stereocenters. The van der Waals surface area contributed by atoms with Crippen LogP contribution in [0.25, 0.3) is 0 Å². The van der Waals surface area contributed by atoms with Crippen LogP contribution in [0.4, 0.5) is 0 Å². The number of fused-ring (bicyclic) bond motifs is 2. The molecular formula is C26H35N3OS. The van der Waals surface area contributed by atoms with Crippen molar-refractivity contribution in [2.24, 2.45) is 0 Å². The lowest BCUT2D eigenvalue weighted by Gasteiger charge is -2.40. The SMILES string of the molecule is Cc1ccc(CN2CCC3(CC2)C[C@H](CC(=O)N2CCN(C)CC2)c2ccccc23)s1. The summed E-state index contributed by atoms with van der Waals surface area (Å²) in [5.41, 5.74) is 3.26. The fraction of sp³-hybridized carbons (Fsp3) is 0.577. The molecule has 2 fully saturated rings. The summed E-state index contributed by atoms with van der Waals surface area (Å²) in [5.74, 6) is 0.741. The highest BCUT2D eigenvalue weighted by atomic mass is 32.1. The standard InChI is InChI=1S/C26H35N3OS/c1-20-7-8-22(31-20)19-28-11-9-26(10-12-28)18-21(23-5-3-4-6-24(23)26)17-25(30)29-15-13-27(2)14-16-29/h3-8,21H,9-19H2,1-2H3/t21-/m0/s1. The number of piperidine rings is 1. The summed E-state index contributed by atoms with van der Waals surface area (Å²) in [6.45, 7) is 9.35. The predicted octanol–water partition coefficient (Wildman–Crippen LogP) is 4.24. The lowest BCUT2D eigenvalue weighted by Crippen LogP contribution is -2.47. The smallest absolute Gasteiger partial charge is 0.223 e. The molecule has 5 heteroatoms. The van der Waals surface area contributed by atoms with Crippen LogP contribution in [0.5, 0.6) is 0 Å². The van der Waals surface area contributed by atoms with E-state index in [4.69, 9.17) is 0 Å². The summed E-state index contributed by atoms with van der Waals surface area (Å²) in [4.78, 5) is 23.0. The van der Waals surface area contributed by atoms with Crippen molar-refractivity contribution in [3.05, 3.63) is 57.3 Å². The molecule has 2 saturated heterocycles. The molecular weight excluding hydrogens is 402 g/mol. The maximum absolute atomic E-state index is 13.1. The second-order valence-electron chi connectivity index (χ2n) is 9.95. The van der Waals surface area contributed by atoms with Gasteiger partial charge in [0.2, 0.25) is 5.91 Å². The second-order valence-corrected chi connectivity index (χ2v) is 11.3. The number of likely N-dealkylation sites (tertiary alicyclic amines) is 1. The minimum absolute atomic E-state index is 0.269. The maximum atomic E-state index is 13.1. The van der Waals surface area contributed by atoms with Crippen LogP contribution in [-0.4, -0.2) is 66.9 Å². The summed E-state index contributed by atoms with van der Waals surface area (Å²) in [7, 11) is 2.14. The molecule has 3 heterocycles. The van der Waals surface area contributed by atoms with Crippen molar-refractivity contribution in [2.75, 3.05) is 46.3 Å². The summed E-state index contributed by atoms with van der Waals surface area (Å²) < 4.78 is 0. The Morgan fingerprint density at radius 1 is 1.03 bits per heavy atom. The van der Waals surface area contributed by atoms with E-state index in [0.717, 1.165) is 52.2 Å². The summed E-state index contributed by atoms with van der Waals surface area (Å²) >= 11 is 1.93. The lowest BCUT2D eigenvalue weighted by molar-refractivity contribution is -0.133. The first-order valence-electron chi connectivity index (χ1n) is 11.9. The summed E-state index contributed by atoms with van der Waals surface area (Å²) in [6.07, 6.45) is 4.26. The van der Waals surface area contributed by atoms with Crippen LogP contribution in [0, 0.1) is 6.92 Å². The number of thiophene rings is 1. The monoisotopic (exact) mass is 437 g/mol. The Labute approximate surface area is 190 Å². The summed E-state index contributed by atoms with van der Waals surface area (Å²) in [6, 6.07) is 13.5. The highest BCUT2D eigenvalue weighted by Gasteiger charge is 2.45. The van der Waals surface area contributed by atoms with Crippen molar-refractivity contribution in [3.63, 3.8) is 0 Å². The molecule has 1 amide bonds. The van der Waals surface area contributed by atoms with E-state index in [-0.39, 0.29) is 5.41 Å². The van der Waals surface area contributed by atoms with Gasteiger partial charge < -0.3 is 9.80 Å². The van der Waals surface area contributed by atoms with E-state index in [1.54, 1.807) is 0 Å². The Morgan fingerprint density at radius 2 is 1.77 bits per heavy atom. The van der Waals surface area contributed by atoms with Gasteiger partial charge in [0.1, 0.15) is 0 Å². The van der Waals surface area contributed by atoms with Gasteiger partial charge in [0, 0.05) is 48.9 Å². The van der Waals surface area contributed by atoms with Gasteiger partial charge in [-0.3, -0.25) is 9.69 Å². The minimum Gasteiger partial charge on any atom is -0.340 e. The van der Waals surface area contributed by atoms with E-state index in [1.807, 2.05) is 11.3 Å². The number of aryl methyl sites for hydroxylation is 1. The van der Waals surface area contributed by atoms with Crippen LogP contribution in [0.15, 0.2) is 36.4 Å². The average molecular weight is 438 g/mol. The van der Waals surface area contributed by atoms with Gasteiger partial charge in [-0.2, -0.15) is 0 Å². The summed E-state index contributed by atoms with van der Waals surface area (Å²) in [5, 5.41) is 0. The molecule has 0 bridgehead atoms. The molecule has 5 rings (SSSR count). The zero-order valence-corrected chi connectivity index (χ0v) is 19.8. The number of carbonyl (C=O) groups excluding carboxylic acids is 1. The number of hydrogen-bond donors (Lipinski definition) is 0. The van der Waals surface area contributed by atoms with E-state index < -0.39 is 0 Å². The van der Waals surface area contributed by atoms with Gasteiger partial charge in [-0.15, -0.1) is 11.3 Å². The fourth-order valence-electron chi connectivity index (χ4n) is 6.01. The molecule has 1 aromatic carbocycles. The number of hydrogen-bond acceptors (Lipinski definition) is 4. The fourth-order valence-corrected chi connectivity index (χ4v) is 6.94. The molecule has 3 aliphatic rings. The zero-order valence-electron chi connectivity index (χ0n) is 19.0. The third kappa shape index (κ3) is 4.33. The highest BCUT2D eigenvalue weighted by Crippen LogP contribution is 2.52. The molecule has 166 valence electrons. The Morgan fingerprint density at radius 3 is 2.48 bits per heavy atom. The number of piperazine rings is 1. The topological polar surface area (TPSA) is 26.8 Å². The number of carbonyl (C=O) groups is 1. The third-order valence-electron chi connectivity index (χ3n) is 7.87. The van der Waals surface area contributed by atoms with Crippen molar-refractivity contribution in [3.8, 4) is 0 Å². The lowest BCUT2D eigenvalue weighted by atomic mass is 9.73. The number of benzene rings is 1. The first kappa shape index (κ1) is 21.2. The van der Waals surface area contributed by atoms with Crippen molar-refractivity contribution < 1.29 is 4.79 Å². The minimum atomic E-state index is 0.269. The number of amides is 1. The molecule has 0 unspecified atom stereocenters. The molecule has 2 aliphatic heterocycles. The van der Waals surface area contributed by atoms with E-state index >= 15 is 0 Å². The van der Waals surface area contributed by atoms with Crippen LogP contribution >= 0.6 is 11.3 Å². The van der Waals surface area contributed by atoms with Crippen LogP contribution in [0.2, 0.25) is 0 Å². The van der Waals surface area contributed by atoms with Crippen molar-refractivity contribution in [1.29, 1.82) is 0 Å². The molecule has 1 aliphatic carbocycles. The van der Waals surface area contributed by atoms with Crippen molar-refractivity contribution in [2.45, 2.75) is 50.5 Å². The largest absolute Gasteiger partial charge is 0.340 e. The van der Waals surface area contributed by atoms with Gasteiger partial charge in [-0.05, 0) is 80.9 Å². The first-order valence-corrected chi connectivity index (χ1v) is 12.7. The van der Waals surface area contributed by atoms with Crippen molar-refractivity contribution >= 4 is 17.2 Å². The van der Waals surface area contributed by atoms with Crippen molar-refractivity contribution in [1.82, 2.24) is 14.7 Å². The normalized spacial score (nSPS) is 23.9. The van der Waals surface area contributed by atoms with E-state index in [1.165, 1.54) is 33.7 Å². The zero-order chi connectivity index (χ0) is 21.4. The molecule has 0 N–H and O–H groups in total. The van der Waals surface area contributed by atoms with Gasteiger partial charge in [0.05, 0.1) is 0 Å². The number of likely N-dealkylation sites (N-methyl/N-ethyl adjacent to an activating group) is 1. The van der Waals surface area contributed by atoms with E-state index in [0.29, 0.717) is 18.2 Å². The molecule has 0 radical (unpaired) electrons. The predicted molar refractivity (Wildman–Crippen MR) is 128 cm³/mol. The van der Waals surface area contributed by atoms with Crippen LogP contribution in [0.3, 0.4) is 0 Å². The Hall–Kier alpha value is -1.69. The van der Waals surface area contributed by atoms with Gasteiger partial charge in [0.15, 0.2) is 0 Å². The van der Waals surface area contributed by atoms with Gasteiger partial charge >= 0.3 is 0 Å². The number of rotatable bonds is 4. The molecule has 2 aromatic rings. The van der Waals surface area contributed by atoms with Gasteiger partial charge in [-0.25, -0.2) is 0 Å². The van der Waals surface area contributed by atoms with E-state index in [2.05, 4.69) is 65.1 Å². The maximum Gasteiger partial charge on any atom is 0.223 e. The van der Waals surface area contributed by atoms with Gasteiger partial charge in [-0.1, -0.05) is 24.3 Å². The first-order chi connectivity index (χ1) is 15.0. The van der Waals surface area contributed by atoms with Crippen LogP contribution in [0.1, 0.15) is 52.5 Å². The van der Waals surface area contributed by atoms with Crippen LogP contribution in [-0.2, 0) is 16.8 Å². The third-order valence-corrected chi connectivity index (χ3v) is 8.86. The molecule has 1 aromatic heterocycles. The highest BCUT2D eigenvalue weighted by molar-refractivity contribution is 7.11. The Kier molecular flexibility index (Phi) is 5.93. The molecule has 4 nitrogen and oxygen atoms in total. The average Bonchev–Trinajstić information content (AvgIpc) is 3.32. The molecule has 31 heavy (non-hydrogen) atoms. The van der Waals surface area contributed by atoms with Crippen LogP contribution < -0.4 is 0 Å².